The van der Waals surface area contributed by atoms with Gasteiger partial charge in [-0.3, -0.25) is 0 Å². The van der Waals surface area contributed by atoms with Crippen LogP contribution >= 0.6 is 0 Å². The first-order valence-electron chi connectivity index (χ1n) is 6.80. The molecule has 1 N–H and O–H groups in total. The zero-order chi connectivity index (χ0) is 11.6. The smallest absolute Gasteiger partial charge is 0.0639 e. The SMILES string of the molecule is C/C(=C\CCC1(C)C2CC3[C@H](C2)C31C)CO. The Kier molecular flexibility index (Phi) is 2.12. The van der Waals surface area contributed by atoms with E-state index in [1.165, 1.54) is 19.3 Å². The Morgan fingerprint density at radius 3 is 2.38 bits per heavy atom. The van der Waals surface area contributed by atoms with Gasteiger partial charge in [-0.15, -0.1) is 0 Å². The minimum Gasteiger partial charge on any atom is -0.392 e. The van der Waals surface area contributed by atoms with Gasteiger partial charge in [0.1, 0.15) is 0 Å². The van der Waals surface area contributed by atoms with Crippen LogP contribution in [0.15, 0.2) is 11.6 Å². The fraction of sp³-hybridized carbons (Fsp3) is 0.867. The van der Waals surface area contributed by atoms with Gasteiger partial charge in [-0.2, -0.15) is 0 Å². The Bertz CT molecular complexity index is 331. The molecule has 1 nitrogen and oxygen atoms in total. The van der Waals surface area contributed by atoms with E-state index in [4.69, 9.17) is 5.11 Å². The van der Waals surface area contributed by atoms with Gasteiger partial charge in [0.15, 0.2) is 0 Å². The molecule has 90 valence electrons. The molecule has 4 aliphatic rings. The summed E-state index contributed by atoms with van der Waals surface area (Å²) in [4.78, 5) is 0. The molecule has 0 aromatic carbocycles. The zero-order valence-electron chi connectivity index (χ0n) is 10.8. The molecule has 4 rings (SSSR count). The Labute approximate surface area is 98.9 Å². The molecule has 1 heteroatoms. The molecule has 4 aliphatic carbocycles. The molecule has 16 heavy (non-hydrogen) atoms. The van der Waals surface area contributed by atoms with E-state index in [1.54, 1.807) is 0 Å². The Hall–Kier alpha value is -0.300. The van der Waals surface area contributed by atoms with Gasteiger partial charge >= 0.3 is 0 Å². The summed E-state index contributed by atoms with van der Waals surface area (Å²) in [5.41, 5.74) is 2.43. The quantitative estimate of drug-likeness (QED) is 0.720. The average molecular weight is 220 g/mol. The molecule has 5 atom stereocenters. The molecule has 0 aromatic heterocycles. The van der Waals surface area contributed by atoms with Crippen molar-refractivity contribution in [2.24, 2.45) is 28.6 Å². The highest BCUT2D eigenvalue weighted by molar-refractivity contribution is 5.29. The summed E-state index contributed by atoms with van der Waals surface area (Å²) in [6.45, 7) is 7.33. The molecule has 0 aromatic rings. The van der Waals surface area contributed by atoms with Crippen molar-refractivity contribution in [3.63, 3.8) is 0 Å². The molecule has 4 bridgehead atoms. The minimum absolute atomic E-state index is 0.225. The van der Waals surface area contributed by atoms with E-state index in [9.17, 15) is 0 Å². The summed E-state index contributed by atoms with van der Waals surface area (Å²) in [6.07, 6.45) is 7.76. The van der Waals surface area contributed by atoms with Crippen molar-refractivity contribution in [3.8, 4) is 0 Å². The van der Waals surface area contributed by atoms with Gasteiger partial charge in [0, 0.05) is 0 Å². The van der Waals surface area contributed by atoms with Crippen molar-refractivity contribution < 1.29 is 5.11 Å². The average Bonchev–Trinajstić information content (AvgIpc) is 2.62. The van der Waals surface area contributed by atoms with Gasteiger partial charge in [-0.1, -0.05) is 25.5 Å². The van der Waals surface area contributed by atoms with Gasteiger partial charge < -0.3 is 5.11 Å². The Morgan fingerprint density at radius 1 is 1.31 bits per heavy atom. The fourth-order valence-corrected chi connectivity index (χ4v) is 5.19. The third-order valence-corrected chi connectivity index (χ3v) is 6.53. The third kappa shape index (κ3) is 1.06. The van der Waals surface area contributed by atoms with E-state index in [0.29, 0.717) is 10.8 Å². The van der Waals surface area contributed by atoms with Gasteiger partial charge in [0.2, 0.25) is 0 Å². The van der Waals surface area contributed by atoms with Crippen LogP contribution in [-0.4, -0.2) is 11.7 Å². The highest BCUT2D eigenvalue weighted by Crippen LogP contribution is 2.87. The van der Waals surface area contributed by atoms with Gasteiger partial charge in [0.25, 0.3) is 0 Å². The minimum atomic E-state index is 0.225. The van der Waals surface area contributed by atoms with E-state index >= 15 is 0 Å². The van der Waals surface area contributed by atoms with E-state index in [0.717, 1.165) is 29.7 Å². The summed E-state index contributed by atoms with van der Waals surface area (Å²) >= 11 is 0. The molecular formula is C15H24O. The number of aliphatic hydroxyl groups is 1. The second-order valence-electron chi connectivity index (χ2n) is 6.83. The van der Waals surface area contributed by atoms with Crippen LogP contribution in [0.3, 0.4) is 0 Å². The number of rotatable bonds is 4. The molecular weight excluding hydrogens is 196 g/mol. The topological polar surface area (TPSA) is 20.2 Å². The van der Waals surface area contributed by atoms with Crippen LogP contribution in [0.1, 0.15) is 46.5 Å². The van der Waals surface area contributed by atoms with Crippen LogP contribution < -0.4 is 0 Å². The lowest BCUT2D eigenvalue weighted by atomic mass is 9.71. The van der Waals surface area contributed by atoms with Crippen molar-refractivity contribution in [2.75, 3.05) is 6.61 Å². The Morgan fingerprint density at radius 2 is 1.94 bits per heavy atom. The van der Waals surface area contributed by atoms with E-state index in [-0.39, 0.29) is 6.61 Å². The monoisotopic (exact) mass is 220 g/mol. The number of hydrogen-bond acceptors (Lipinski definition) is 1. The molecule has 4 unspecified atom stereocenters. The lowest BCUT2D eigenvalue weighted by Gasteiger charge is -2.34. The van der Waals surface area contributed by atoms with Crippen LogP contribution in [0.4, 0.5) is 0 Å². The predicted molar refractivity (Wildman–Crippen MR) is 66.0 cm³/mol. The van der Waals surface area contributed by atoms with Crippen molar-refractivity contribution in [2.45, 2.75) is 46.5 Å². The summed E-state index contributed by atoms with van der Waals surface area (Å²) in [5, 5.41) is 8.99. The Balaban J connectivity index is 1.68. The van der Waals surface area contributed by atoms with Crippen LogP contribution in [0.25, 0.3) is 0 Å². The second kappa shape index (κ2) is 3.13. The molecule has 4 fully saturated rings. The van der Waals surface area contributed by atoms with Gasteiger partial charge in [-0.05, 0) is 61.2 Å². The van der Waals surface area contributed by atoms with E-state index < -0.39 is 0 Å². The molecule has 0 spiro atoms. The predicted octanol–water partition coefficient (Wildman–Crippen LogP) is 3.39. The van der Waals surface area contributed by atoms with Crippen LogP contribution in [0.5, 0.6) is 0 Å². The number of allylic oxidation sites excluding steroid dienone is 1. The zero-order valence-corrected chi connectivity index (χ0v) is 10.8. The maximum Gasteiger partial charge on any atom is 0.0639 e. The van der Waals surface area contributed by atoms with Gasteiger partial charge in [0.05, 0.1) is 6.61 Å². The molecule has 0 heterocycles. The second-order valence-corrected chi connectivity index (χ2v) is 6.83. The summed E-state index contributed by atoms with van der Waals surface area (Å²) in [7, 11) is 0. The van der Waals surface area contributed by atoms with Crippen molar-refractivity contribution in [1.82, 2.24) is 0 Å². The third-order valence-electron chi connectivity index (χ3n) is 6.53. The fourth-order valence-electron chi connectivity index (χ4n) is 5.19. The van der Waals surface area contributed by atoms with E-state index in [1.807, 2.05) is 6.92 Å². The van der Waals surface area contributed by atoms with E-state index in [2.05, 4.69) is 19.9 Å². The maximum absolute atomic E-state index is 8.99. The molecule has 0 radical (unpaired) electrons. The molecule has 0 aliphatic heterocycles. The van der Waals surface area contributed by atoms with Crippen LogP contribution in [-0.2, 0) is 0 Å². The lowest BCUT2D eigenvalue weighted by molar-refractivity contribution is 0.154. The normalized spacial score (nSPS) is 53.5. The summed E-state index contributed by atoms with van der Waals surface area (Å²) < 4.78 is 0. The van der Waals surface area contributed by atoms with Crippen LogP contribution in [0.2, 0.25) is 0 Å². The molecule has 0 saturated heterocycles. The molecule has 4 saturated carbocycles. The molecule has 0 amide bonds. The summed E-state index contributed by atoms with van der Waals surface area (Å²) in [6, 6.07) is 0. The highest BCUT2D eigenvalue weighted by atomic mass is 16.3. The number of aliphatic hydroxyl groups excluding tert-OH is 1. The maximum atomic E-state index is 8.99. The van der Waals surface area contributed by atoms with Crippen molar-refractivity contribution in [3.05, 3.63) is 11.6 Å². The largest absolute Gasteiger partial charge is 0.392 e. The van der Waals surface area contributed by atoms with Crippen molar-refractivity contribution in [1.29, 1.82) is 0 Å². The van der Waals surface area contributed by atoms with Crippen molar-refractivity contribution >= 4 is 0 Å². The summed E-state index contributed by atoms with van der Waals surface area (Å²) in [5.74, 6) is 3.16. The first kappa shape index (κ1) is 10.8. The lowest BCUT2D eigenvalue weighted by Crippen LogP contribution is -2.26. The first-order valence-corrected chi connectivity index (χ1v) is 6.80. The van der Waals surface area contributed by atoms with Gasteiger partial charge in [-0.25, -0.2) is 0 Å². The first-order chi connectivity index (χ1) is 7.54. The van der Waals surface area contributed by atoms with Crippen LogP contribution in [0, 0.1) is 28.6 Å². The standard InChI is InChI=1S/C15H24O/c1-10(9-16)5-4-6-14(2)11-7-12-13(8-11)15(12,14)3/h5,11-13,16H,4,6-9H2,1-3H3/b10-5+/t11?,12-,13?,14?,15?/m0/s1. The highest BCUT2D eigenvalue weighted by Gasteiger charge is 2.80. The number of hydrogen-bond donors (Lipinski definition) is 1.